The largest absolute Gasteiger partial charge is 0.497 e. The lowest BCUT2D eigenvalue weighted by molar-refractivity contribution is -0.120. The summed E-state index contributed by atoms with van der Waals surface area (Å²) >= 11 is 0. The number of nitrogens with zero attached hydrogens (tertiary/aromatic N) is 1. The van der Waals surface area contributed by atoms with E-state index in [9.17, 15) is 13.2 Å². The van der Waals surface area contributed by atoms with Crippen molar-refractivity contribution in [2.45, 2.75) is 17.9 Å². The number of hydrogen-bond acceptors (Lipinski definition) is 5. The number of carbonyl (C=O) groups excluding carboxylic acids is 1. The summed E-state index contributed by atoms with van der Waals surface area (Å²) in [4.78, 5) is 12.5. The maximum Gasteiger partial charge on any atom is 0.264 e. The fourth-order valence-corrected chi connectivity index (χ4v) is 3.97. The first kappa shape index (κ1) is 20.7. The van der Waals surface area contributed by atoms with Crippen molar-refractivity contribution in [1.82, 2.24) is 5.32 Å². The van der Waals surface area contributed by atoms with Crippen molar-refractivity contribution in [3.63, 3.8) is 0 Å². The van der Waals surface area contributed by atoms with Crippen LogP contribution in [-0.4, -0.2) is 47.7 Å². The molecule has 0 fully saturated rings. The molecule has 0 aliphatic rings. The second-order valence-electron chi connectivity index (χ2n) is 5.95. The first-order valence-electron chi connectivity index (χ1n) is 8.38. The highest BCUT2D eigenvalue weighted by Gasteiger charge is 2.27. The second kappa shape index (κ2) is 9.38. The molecular weight excluding hydrogens is 368 g/mol. The first-order valence-corrected chi connectivity index (χ1v) is 9.82. The topological polar surface area (TPSA) is 84.9 Å². The van der Waals surface area contributed by atoms with E-state index in [0.717, 1.165) is 4.31 Å². The van der Waals surface area contributed by atoms with E-state index in [2.05, 4.69) is 5.32 Å². The molecule has 0 aromatic heterocycles. The standard InChI is InChI=1S/C19H24N2O5S/c1-15(14-25-2)20-19(22)13-21(16-9-11-17(26-3)12-10-16)27(23,24)18-7-5-4-6-8-18/h4-12,15H,13-14H2,1-3H3,(H,20,22)/t15-/m1/s1. The Bertz CT molecular complexity index is 838. The van der Waals surface area contributed by atoms with Crippen LogP contribution in [0, 0.1) is 0 Å². The zero-order valence-electron chi connectivity index (χ0n) is 15.6. The molecule has 8 heteroatoms. The quantitative estimate of drug-likeness (QED) is 0.706. The molecule has 0 radical (unpaired) electrons. The molecule has 0 aliphatic carbocycles. The monoisotopic (exact) mass is 392 g/mol. The number of rotatable bonds is 9. The SMILES string of the molecule is COC[C@@H](C)NC(=O)CN(c1ccc(OC)cc1)S(=O)(=O)c1ccccc1. The molecule has 0 saturated heterocycles. The summed E-state index contributed by atoms with van der Waals surface area (Å²) in [6.45, 7) is 1.77. The molecule has 1 amide bonds. The first-order chi connectivity index (χ1) is 12.9. The highest BCUT2D eigenvalue weighted by Crippen LogP contribution is 2.25. The average Bonchev–Trinajstić information content (AvgIpc) is 2.67. The van der Waals surface area contributed by atoms with Crippen LogP contribution in [0.3, 0.4) is 0 Å². The molecule has 0 bridgehead atoms. The Morgan fingerprint density at radius 1 is 1.07 bits per heavy atom. The molecule has 2 rings (SSSR count). The summed E-state index contributed by atoms with van der Waals surface area (Å²) < 4.78 is 37.4. The van der Waals surface area contributed by atoms with Crippen LogP contribution in [-0.2, 0) is 19.6 Å². The van der Waals surface area contributed by atoms with Gasteiger partial charge in [0.2, 0.25) is 5.91 Å². The van der Waals surface area contributed by atoms with E-state index in [4.69, 9.17) is 9.47 Å². The van der Waals surface area contributed by atoms with Gasteiger partial charge in [-0.2, -0.15) is 0 Å². The summed E-state index contributed by atoms with van der Waals surface area (Å²) in [7, 11) is -0.857. The maximum atomic E-state index is 13.1. The molecule has 0 saturated carbocycles. The summed E-state index contributed by atoms with van der Waals surface area (Å²) in [5.41, 5.74) is 0.370. The third-order valence-corrected chi connectivity index (χ3v) is 5.59. The van der Waals surface area contributed by atoms with Crippen LogP contribution in [0.15, 0.2) is 59.5 Å². The minimum absolute atomic E-state index is 0.110. The summed E-state index contributed by atoms with van der Waals surface area (Å²) in [6.07, 6.45) is 0. The molecule has 7 nitrogen and oxygen atoms in total. The Morgan fingerprint density at radius 3 is 2.26 bits per heavy atom. The number of methoxy groups -OCH3 is 2. The average molecular weight is 392 g/mol. The van der Waals surface area contributed by atoms with Crippen LogP contribution in [0.4, 0.5) is 5.69 Å². The predicted octanol–water partition coefficient (Wildman–Crippen LogP) is 2.04. The Hall–Kier alpha value is -2.58. The van der Waals surface area contributed by atoms with Gasteiger partial charge in [-0.1, -0.05) is 18.2 Å². The predicted molar refractivity (Wildman–Crippen MR) is 103 cm³/mol. The van der Waals surface area contributed by atoms with Gasteiger partial charge in [-0.25, -0.2) is 8.42 Å². The molecule has 146 valence electrons. The maximum absolute atomic E-state index is 13.1. The van der Waals surface area contributed by atoms with E-state index in [1.807, 2.05) is 0 Å². The number of sulfonamides is 1. The van der Waals surface area contributed by atoms with Gasteiger partial charge in [-0.05, 0) is 43.3 Å². The van der Waals surface area contributed by atoms with Crippen LogP contribution in [0.25, 0.3) is 0 Å². The van der Waals surface area contributed by atoms with Gasteiger partial charge >= 0.3 is 0 Å². The van der Waals surface area contributed by atoms with Gasteiger partial charge in [-0.3, -0.25) is 9.10 Å². The third kappa shape index (κ3) is 5.45. The van der Waals surface area contributed by atoms with E-state index in [1.165, 1.54) is 26.4 Å². The van der Waals surface area contributed by atoms with Gasteiger partial charge in [-0.15, -0.1) is 0 Å². The van der Waals surface area contributed by atoms with E-state index in [0.29, 0.717) is 18.0 Å². The van der Waals surface area contributed by atoms with Crippen molar-refractivity contribution >= 4 is 21.6 Å². The smallest absolute Gasteiger partial charge is 0.264 e. The number of ether oxygens (including phenoxy) is 2. The number of nitrogens with one attached hydrogen (secondary N) is 1. The van der Waals surface area contributed by atoms with Gasteiger partial charge in [0.1, 0.15) is 12.3 Å². The molecule has 0 unspecified atom stereocenters. The van der Waals surface area contributed by atoms with Crippen molar-refractivity contribution in [2.24, 2.45) is 0 Å². The summed E-state index contributed by atoms with van der Waals surface area (Å²) in [5, 5.41) is 2.73. The van der Waals surface area contributed by atoms with Crippen LogP contribution in [0.2, 0.25) is 0 Å². The Morgan fingerprint density at radius 2 is 1.70 bits per heavy atom. The van der Waals surface area contributed by atoms with Crippen LogP contribution < -0.4 is 14.4 Å². The third-order valence-electron chi connectivity index (χ3n) is 3.80. The zero-order chi connectivity index (χ0) is 19.9. The van der Waals surface area contributed by atoms with Crippen LogP contribution in [0.5, 0.6) is 5.75 Å². The van der Waals surface area contributed by atoms with E-state index >= 15 is 0 Å². The highest BCUT2D eigenvalue weighted by molar-refractivity contribution is 7.92. The van der Waals surface area contributed by atoms with Gasteiger partial charge < -0.3 is 14.8 Å². The minimum atomic E-state index is -3.92. The van der Waals surface area contributed by atoms with Gasteiger partial charge in [0.15, 0.2) is 0 Å². The van der Waals surface area contributed by atoms with Gasteiger partial charge in [0, 0.05) is 13.2 Å². The number of carbonyl (C=O) groups is 1. The lowest BCUT2D eigenvalue weighted by atomic mass is 10.3. The van der Waals surface area contributed by atoms with E-state index < -0.39 is 15.9 Å². The molecule has 0 spiro atoms. The number of amides is 1. The Kier molecular flexibility index (Phi) is 7.20. The van der Waals surface area contributed by atoms with Crippen molar-refractivity contribution < 1.29 is 22.7 Å². The number of benzene rings is 2. The second-order valence-corrected chi connectivity index (χ2v) is 7.81. The van der Waals surface area contributed by atoms with Crippen molar-refractivity contribution in [2.75, 3.05) is 31.7 Å². The summed E-state index contributed by atoms with van der Waals surface area (Å²) in [5.74, 6) is 0.170. The van der Waals surface area contributed by atoms with E-state index in [1.54, 1.807) is 49.4 Å². The zero-order valence-corrected chi connectivity index (χ0v) is 16.4. The normalized spacial score (nSPS) is 12.3. The lowest BCUT2D eigenvalue weighted by Gasteiger charge is -2.25. The van der Waals surface area contributed by atoms with E-state index in [-0.39, 0.29) is 17.5 Å². The fraction of sp³-hybridized carbons (Fsp3) is 0.316. The highest BCUT2D eigenvalue weighted by atomic mass is 32.2. The number of anilines is 1. The van der Waals surface area contributed by atoms with Crippen LogP contribution in [0.1, 0.15) is 6.92 Å². The summed E-state index contributed by atoms with van der Waals surface area (Å²) in [6, 6.07) is 14.3. The molecule has 27 heavy (non-hydrogen) atoms. The van der Waals surface area contributed by atoms with Crippen molar-refractivity contribution in [1.29, 1.82) is 0 Å². The Labute approximate surface area is 160 Å². The van der Waals surface area contributed by atoms with Crippen molar-refractivity contribution in [3.8, 4) is 5.75 Å². The number of hydrogen-bond donors (Lipinski definition) is 1. The van der Waals surface area contributed by atoms with Crippen molar-refractivity contribution in [3.05, 3.63) is 54.6 Å². The lowest BCUT2D eigenvalue weighted by Crippen LogP contribution is -2.44. The molecule has 0 heterocycles. The molecular formula is C19H24N2O5S. The van der Waals surface area contributed by atoms with Crippen LogP contribution >= 0.6 is 0 Å². The molecule has 1 atom stereocenters. The van der Waals surface area contributed by atoms with Gasteiger partial charge in [0.05, 0.1) is 24.3 Å². The minimum Gasteiger partial charge on any atom is -0.497 e. The fourth-order valence-electron chi connectivity index (χ4n) is 2.53. The van der Waals surface area contributed by atoms with Gasteiger partial charge in [0.25, 0.3) is 10.0 Å². The molecule has 0 aliphatic heterocycles. The molecule has 2 aromatic carbocycles. The molecule has 1 N–H and O–H groups in total. The Balaban J connectivity index is 2.35. The molecule has 2 aromatic rings.